The highest BCUT2D eigenvalue weighted by Crippen LogP contribution is 2.49. The molecule has 1 N–H and O–H groups in total. The van der Waals surface area contributed by atoms with Crippen molar-refractivity contribution in [3.05, 3.63) is 94.5 Å². The van der Waals surface area contributed by atoms with Gasteiger partial charge in [-0.25, -0.2) is 0 Å². The highest BCUT2D eigenvalue weighted by molar-refractivity contribution is 7.48. The maximum Gasteiger partial charge on any atom is 0.126 e. The molecule has 0 amide bonds. The molecule has 0 aliphatic heterocycles. The Labute approximate surface area is 183 Å². The molecule has 2 nitrogen and oxygen atoms in total. The fourth-order valence-corrected chi connectivity index (χ4v) is 5.92. The van der Waals surface area contributed by atoms with Gasteiger partial charge in [-0.15, -0.1) is 0 Å². The lowest BCUT2D eigenvalue weighted by molar-refractivity contribution is 0.283. The van der Waals surface area contributed by atoms with Crippen molar-refractivity contribution in [2.24, 2.45) is 0 Å². The van der Waals surface area contributed by atoms with Gasteiger partial charge in [-0.2, -0.15) is 0 Å². The summed E-state index contributed by atoms with van der Waals surface area (Å²) in [5, 5.41) is 11.0. The Balaban J connectivity index is 2.02. The third kappa shape index (κ3) is 5.31. The van der Waals surface area contributed by atoms with E-state index in [2.05, 4.69) is 76.2 Å². The molecule has 3 heteroatoms. The van der Waals surface area contributed by atoms with Gasteiger partial charge in [-0.05, 0) is 42.3 Å². The van der Waals surface area contributed by atoms with Crippen LogP contribution in [0.15, 0.2) is 66.7 Å². The van der Waals surface area contributed by atoms with Gasteiger partial charge in [0.1, 0.15) is 12.4 Å². The van der Waals surface area contributed by atoms with Crippen LogP contribution < -0.4 is 10.0 Å². The molecule has 3 rings (SSSR count). The zero-order valence-electron chi connectivity index (χ0n) is 18.5. The Morgan fingerprint density at radius 3 is 2.37 bits per heavy atom. The van der Waals surface area contributed by atoms with E-state index in [0.29, 0.717) is 15.2 Å². The van der Waals surface area contributed by atoms with Crippen molar-refractivity contribution in [1.82, 2.24) is 0 Å². The summed E-state index contributed by atoms with van der Waals surface area (Å²) in [6, 6.07) is 23.1. The molecule has 30 heavy (non-hydrogen) atoms. The van der Waals surface area contributed by atoms with Crippen molar-refractivity contribution < 1.29 is 9.84 Å². The first-order chi connectivity index (χ1) is 14.5. The summed E-state index contributed by atoms with van der Waals surface area (Å²) < 4.78 is 6.45. The van der Waals surface area contributed by atoms with Crippen LogP contribution in [-0.2, 0) is 18.4 Å². The number of hydrogen-bond donors (Lipinski definition) is 1. The Kier molecular flexibility index (Phi) is 7.69. The summed E-state index contributed by atoms with van der Waals surface area (Å²) in [5.74, 6) is 1.01. The van der Waals surface area contributed by atoms with Gasteiger partial charge in [0.25, 0.3) is 0 Å². The van der Waals surface area contributed by atoms with Gasteiger partial charge in [0, 0.05) is 10.7 Å². The first-order valence-electron chi connectivity index (χ1n) is 10.7. The Morgan fingerprint density at radius 1 is 0.967 bits per heavy atom. The lowest BCUT2D eigenvalue weighted by Crippen LogP contribution is -2.22. The molecule has 3 aromatic carbocycles. The third-order valence-electron chi connectivity index (χ3n) is 5.59. The molecule has 2 unspecified atom stereocenters. The summed E-state index contributed by atoms with van der Waals surface area (Å²) >= 11 is 0. The summed E-state index contributed by atoms with van der Waals surface area (Å²) in [7, 11) is 0.558. The number of benzene rings is 3. The van der Waals surface area contributed by atoms with E-state index in [1.807, 2.05) is 18.2 Å². The smallest absolute Gasteiger partial charge is 0.126 e. The summed E-state index contributed by atoms with van der Waals surface area (Å²) in [6.45, 7) is 9.55. The summed E-state index contributed by atoms with van der Waals surface area (Å²) in [5.41, 5.74) is 5.92. The zero-order valence-corrected chi connectivity index (χ0v) is 19.5. The predicted octanol–water partition coefficient (Wildman–Crippen LogP) is 6.39. The fourth-order valence-electron chi connectivity index (χ4n) is 4.13. The highest BCUT2D eigenvalue weighted by Gasteiger charge is 2.31. The van der Waals surface area contributed by atoms with Crippen LogP contribution in [0.2, 0.25) is 0 Å². The lowest BCUT2D eigenvalue weighted by atomic mass is 9.91. The average Bonchev–Trinajstić information content (AvgIpc) is 2.74. The van der Waals surface area contributed by atoms with Crippen molar-refractivity contribution in [3.8, 4) is 5.75 Å². The number of rotatable bonds is 9. The van der Waals surface area contributed by atoms with Crippen LogP contribution >= 0.6 is 8.58 Å². The first-order valence-corrected chi connectivity index (χ1v) is 11.7. The molecule has 0 fully saturated rings. The minimum Gasteiger partial charge on any atom is -0.488 e. The van der Waals surface area contributed by atoms with Crippen LogP contribution in [0.3, 0.4) is 0 Å². The van der Waals surface area contributed by atoms with E-state index in [4.69, 9.17) is 4.74 Å². The van der Waals surface area contributed by atoms with E-state index in [1.165, 1.54) is 27.6 Å². The molecule has 0 aliphatic carbocycles. The SMILES string of the molecule is CCCC(C)(Pc1ccccc1CO)c1cc(C)cc(C)c1OCc1ccccc1. The van der Waals surface area contributed by atoms with Crippen LogP contribution in [0.25, 0.3) is 0 Å². The fraction of sp³-hybridized carbons (Fsp3) is 0.333. The molecule has 3 aromatic rings. The lowest BCUT2D eigenvalue weighted by Gasteiger charge is -2.33. The molecule has 0 saturated carbocycles. The first kappa shape index (κ1) is 22.5. The zero-order chi connectivity index (χ0) is 21.6. The number of hydrogen-bond acceptors (Lipinski definition) is 2. The minimum atomic E-state index is -0.0528. The van der Waals surface area contributed by atoms with Crippen molar-refractivity contribution in [2.45, 2.75) is 58.9 Å². The van der Waals surface area contributed by atoms with Crippen LogP contribution in [0.4, 0.5) is 0 Å². The Morgan fingerprint density at radius 2 is 1.67 bits per heavy atom. The van der Waals surface area contributed by atoms with E-state index in [-0.39, 0.29) is 11.8 Å². The maximum atomic E-state index is 9.85. The van der Waals surface area contributed by atoms with Gasteiger partial charge in [0.15, 0.2) is 0 Å². The quantitative estimate of drug-likeness (QED) is 0.406. The largest absolute Gasteiger partial charge is 0.488 e. The van der Waals surface area contributed by atoms with Gasteiger partial charge >= 0.3 is 0 Å². The number of aliphatic hydroxyl groups is 1. The molecule has 0 heterocycles. The van der Waals surface area contributed by atoms with E-state index >= 15 is 0 Å². The minimum absolute atomic E-state index is 0.0528. The molecule has 0 saturated heterocycles. The molecule has 0 aliphatic rings. The van der Waals surface area contributed by atoms with Crippen LogP contribution in [0.1, 0.15) is 54.5 Å². The number of aliphatic hydroxyl groups excluding tert-OH is 1. The van der Waals surface area contributed by atoms with E-state index in [9.17, 15) is 5.11 Å². The van der Waals surface area contributed by atoms with E-state index in [1.54, 1.807) is 0 Å². The number of aryl methyl sites for hydroxylation is 2. The highest BCUT2D eigenvalue weighted by atomic mass is 31.1. The van der Waals surface area contributed by atoms with E-state index < -0.39 is 0 Å². The average molecular weight is 421 g/mol. The van der Waals surface area contributed by atoms with Crippen molar-refractivity contribution in [2.75, 3.05) is 0 Å². The molecule has 0 radical (unpaired) electrons. The van der Waals surface area contributed by atoms with E-state index in [0.717, 1.165) is 24.2 Å². The number of ether oxygens (including phenoxy) is 1. The van der Waals surface area contributed by atoms with Crippen LogP contribution in [-0.4, -0.2) is 5.11 Å². The summed E-state index contributed by atoms with van der Waals surface area (Å²) in [4.78, 5) is 0. The molecule has 0 aromatic heterocycles. The molecule has 0 spiro atoms. The van der Waals surface area contributed by atoms with Gasteiger partial charge in [-0.3, -0.25) is 0 Å². The van der Waals surface area contributed by atoms with Crippen molar-refractivity contribution in [1.29, 1.82) is 0 Å². The predicted molar refractivity (Wildman–Crippen MR) is 129 cm³/mol. The Bertz CT molecular complexity index is 968. The third-order valence-corrected chi connectivity index (χ3v) is 7.42. The molecular weight excluding hydrogens is 387 g/mol. The topological polar surface area (TPSA) is 29.5 Å². The van der Waals surface area contributed by atoms with Gasteiger partial charge < -0.3 is 9.84 Å². The molecule has 158 valence electrons. The van der Waals surface area contributed by atoms with Gasteiger partial charge in [0.05, 0.1) is 6.61 Å². The van der Waals surface area contributed by atoms with Crippen molar-refractivity contribution >= 4 is 13.9 Å². The molecule has 2 atom stereocenters. The van der Waals surface area contributed by atoms with Gasteiger partial charge in [-0.1, -0.05) is 101 Å². The Hall–Kier alpha value is -2.15. The van der Waals surface area contributed by atoms with Crippen LogP contribution in [0, 0.1) is 13.8 Å². The maximum absolute atomic E-state index is 9.85. The second-order valence-electron chi connectivity index (χ2n) is 8.26. The summed E-state index contributed by atoms with van der Waals surface area (Å²) in [6.07, 6.45) is 2.16. The monoisotopic (exact) mass is 420 g/mol. The van der Waals surface area contributed by atoms with Gasteiger partial charge in [0.2, 0.25) is 0 Å². The second kappa shape index (κ2) is 10.2. The van der Waals surface area contributed by atoms with Crippen LogP contribution in [0.5, 0.6) is 5.75 Å². The molecule has 0 bridgehead atoms. The molecular formula is C27H33O2P. The second-order valence-corrected chi connectivity index (χ2v) is 10.1. The standard InChI is InChI=1S/C27H33O2P/c1-5-15-27(4,30-25-14-10-9-13-23(25)18-28)24-17-20(2)16-21(3)26(24)29-19-22-11-7-6-8-12-22/h6-14,16-17,28,30H,5,15,18-19H2,1-4H3. The van der Waals surface area contributed by atoms with Crippen molar-refractivity contribution in [3.63, 3.8) is 0 Å². The normalized spacial score (nSPS) is 13.5.